The Bertz CT molecular complexity index is 741. The van der Waals surface area contributed by atoms with Gasteiger partial charge in [0.25, 0.3) is 11.6 Å². The van der Waals surface area contributed by atoms with Crippen molar-refractivity contribution in [2.45, 2.75) is 33.3 Å². The Hall–Kier alpha value is -2.89. The van der Waals surface area contributed by atoms with Crippen LogP contribution in [0.5, 0.6) is 5.75 Å². The summed E-state index contributed by atoms with van der Waals surface area (Å²) < 4.78 is 5.62. The van der Waals surface area contributed by atoms with Crippen molar-refractivity contribution in [3.05, 3.63) is 63.7 Å². The van der Waals surface area contributed by atoms with Gasteiger partial charge in [-0.05, 0) is 43.5 Å². The summed E-state index contributed by atoms with van der Waals surface area (Å²) in [7, 11) is 0. The Morgan fingerprint density at radius 2 is 1.92 bits per heavy atom. The molecule has 2 rings (SSSR count). The average molecular weight is 328 g/mol. The molecule has 0 heterocycles. The zero-order chi connectivity index (χ0) is 17.7. The molecule has 0 aliphatic heterocycles. The molecular weight excluding hydrogens is 308 g/mol. The number of amides is 1. The molecular formula is C18H20N2O4. The van der Waals surface area contributed by atoms with Crippen LogP contribution in [0.3, 0.4) is 0 Å². The molecule has 0 aromatic heterocycles. The highest BCUT2D eigenvalue weighted by Gasteiger charge is 2.17. The fourth-order valence-corrected chi connectivity index (χ4v) is 2.15. The van der Waals surface area contributed by atoms with Gasteiger partial charge in [0.2, 0.25) is 0 Å². The van der Waals surface area contributed by atoms with Gasteiger partial charge in [0.15, 0.2) is 6.10 Å². The minimum Gasteiger partial charge on any atom is -0.481 e. The first kappa shape index (κ1) is 17.5. The highest BCUT2D eigenvalue weighted by Crippen LogP contribution is 2.22. The second-order valence-electron chi connectivity index (χ2n) is 5.50. The molecule has 1 unspecified atom stereocenters. The lowest BCUT2D eigenvalue weighted by Crippen LogP contribution is -2.30. The SMILES string of the molecule is CCc1ccc(OC(C)C(=O)Nc2cc([N+](=O)[O-])ccc2C)cc1. The molecule has 0 spiro atoms. The number of benzene rings is 2. The van der Waals surface area contributed by atoms with E-state index in [4.69, 9.17) is 4.74 Å². The van der Waals surface area contributed by atoms with E-state index in [0.29, 0.717) is 11.4 Å². The lowest BCUT2D eigenvalue weighted by molar-refractivity contribution is -0.384. The summed E-state index contributed by atoms with van der Waals surface area (Å²) in [6.45, 7) is 5.47. The van der Waals surface area contributed by atoms with E-state index in [1.165, 1.54) is 17.7 Å². The number of hydrogen-bond donors (Lipinski definition) is 1. The zero-order valence-electron chi connectivity index (χ0n) is 13.9. The van der Waals surface area contributed by atoms with Gasteiger partial charge in [0.05, 0.1) is 10.6 Å². The Morgan fingerprint density at radius 1 is 1.25 bits per heavy atom. The minimum atomic E-state index is -0.726. The van der Waals surface area contributed by atoms with Crippen LogP contribution in [0, 0.1) is 17.0 Å². The topological polar surface area (TPSA) is 81.5 Å². The van der Waals surface area contributed by atoms with Crippen LogP contribution in [0.1, 0.15) is 25.0 Å². The van der Waals surface area contributed by atoms with Gasteiger partial charge in [-0.2, -0.15) is 0 Å². The number of rotatable bonds is 6. The van der Waals surface area contributed by atoms with E-state index < -0.39 is 11.0 Å². The van der Waals surface area contributed by atoms with E-state index in [1.807, 2.05) is 24.3 Å². The quantitative estimate of drug-likeness (QED) is 0.644. The van der Waals surface area contributed by atoms with Crippen LogP contribution in [0.25, 0.3) is 0 Å². The Morgan fingerprint density at radius 3 is 2.50 bits per heavy atom. The number of nitrogens with zero attached hydrogens (tertiary/aromatic N) is 1. The van der Waals surface area contributed by atoms with Gasteiger partial charge in [0.1, 0.15) is 5.75 Å². The van der Waals surface area contributed by atoms with Gasteiger partial charge >= 0.3 is 0 Å². The maximum absolute atomic E-state index is 12.3. The summed E-state index contributed by atoms with van der Waals surface area (Å²) >= 11 is 0. The molecule has 1 atom stereocenters. The third kappa shape index (κ3) is 4.32. The number of non-ortho nitro benzene ring substituents is 1. The molecule has 2 aromatic rings. The van der Waals surface area contributed by atoms with Crippen LogP contribution in [-0.2, 0) is 11.2 Å². The molecule has 0 fully saturated rings. The van der Waals surface area contributed by atoms with Crippen LogP contribution in [0.15, 0.2) is 42.5 Å². The number of nitro benzene ring substituents is 1. The van der Waals surface area contributed by atoms with Crippen molar-refractivity contribution in [3.8, 4) is 5.75 Å². The van der Waals surface area contributed by atoms with Crippen LogP contribution < -0.4 is 10.1 Å². The van der Waals surface area contributed by atoms with E-state index in [1.54, 1.807) is 19.9 Å². The maximum Gasteiger partial charge on any atom is 0.271 e. The van der Waals surface area contributed by atoms with E-state index in [-0.39, 0.29) is 11.6 Å². The molecule has 0 saturated carbocycles. The molecule has 2 aromatic carbocycles. The first-order valence-corrected chi connectivity index (χ1v) is 7.72. The molecule has 0 aliphatic carbocycles. The average Bonchev–Trinajstić information content (AvgIpc) is 2.57. The van der Waals surface area contributed by atoms with Crippen LogP contribution in [0.4, 0.5) is 11.4 Å². The fraction of sp³-hybridized carbons (Fsp3) is 0.278. The third-order valence-electron chi connectivity index (χ3n) is 3.70. The molecule has 0 saturated heterocycles. The van der Waals surface area contributed by atoms with E-state index in [0.717, 1.165) is 12.0 Å². The summed E-state index contributed by atoms with van der Waals surface area (Å²) in [4.78, 5) is 22.6. The molecule has 126 valence electrons. The van der Waals surface area contributed by atoms with Crippen molar-refractivity contribution in [1.29, 1.82) is 0 Å². The van der Waals surface area contributed by atoms with Crippen LogP contribution in [-0.4, -0.2) is 16.9 Å². The molecule has 0 radical (unpaired) electrons. The molecule has 6 heteroatoms. The van der Waals surface area contributed by atoms with Crippen molar-refractivity contribution in [1.82, 2.24) is 0 Å². The second kappa shape index (κ2) is 7.59. The van der Waals surface area contributed by atoms with E-state index in [2.05, 4.69) is 12.2 Å². The lowest BCUT2D eigenvalue weighted by Gasteiger charge is -2.16. The first-order chi connectivity index (χ1) is 11.4. The van der Waals surface area contributed by atoms with Crippen molar-refractivity contribution < 1.29 is 14.5 Å². The summed E-state index contributed by atoms with van der Waals surface area (Å²) in [6, 6.07) is 11.9. The number of nitrogens with one attached hydrogen (secondary N) is 1. The standard InChI is InChI=1S/C18H20N2O4/c1-4-14-6-9-16(10-7-14)24-13(3)18(21)19-17-11-15(20(22)23)8-5-12(17)2/h5-11,13H,4H2,1-3H3,(H,19,21). The molecule has 1 N–H and O–H groups in total. The van der Waals surface area contributed by atoms with Gasteiger partial charge in [-0.3, -0.25) is 14.9 Å². The van der Waals surface area contributed by atoms with Crippen LogP contribution >= 0.6 is 0 Å². The summed E-state index contributed by atoms with van der Waals surface area (Å²) in [5, 5.41) is 13.5. The fourth-order valence-electron chi connectivity index (χ4n) is 2.15. The number of ether oxygens (including phenoxy) is 1. The predicted molar refractivity (Wildman–Crippen MR) is 92.4 cm³/mol. The van der Waals surface area contributed by atoms with E-state index >= 15 is 0 Å². The largest absolute Gasteiger partial charge is 0.481 e. The third-order valence-corrected chi connectivity index (χ3v) is 3.70. The smallest absolute Gasteiger partial charge is 0.271 e. The molecule has 0 aliphatic rings. The lowest BCUT2D eigenvalue weighted by atomic mass is 10.1. The summed E-state index contributed by atoms with van der Waals surface area (Å²) in [6.07, 6.45) is 0.207. The summed E-state index contributed by atoms with van der Waals surface area (Å²) in [5.41, 5.74) is 2.27. The zero-order valence-corrected chi connectivity index (χ0v) is 13.9. The maximum atomic E-state index is 12.3. The van der Waals surface area contributed by atoms with Gasteiger partial charge in [-0.15, -0.1) is 0 Å². The number of carbonyl (C=O) groups is 1. The number of anilines is 1. The highest BCUT2D eigenvalue weighted by atomic mass is 16.6. The van der Waals surface area contributed by atoms with Crippen molar-refractivity contribution in [2.75, 3.05) is 5.32 Å². The van der Waals surface area contributed by atoms with Gasteiger partial charge < -0.3 is 10.1 Å². The van der Waals surface area contributed by atoms with Gasteiger partial charge in [-0.25, -0.2) is 0 Å². The second-order valence-corrected chi connectivity index (χ2v) is 5.50. The first-order valence-electron chi connectivity index (χ1n) is 7.72. The Labute approximate surface area is 140 Å². The number of aryl methyl sites for hydroxylation is 2. The monoisotopic (exact) mass is 328 g/mol. The van der Waals surface area contributed by atoms with Gasteiger partial charge in [-0.1, -0.05) is 25.1 Å². The highest BCUT2D eigenvalue weighted by molar-refractivity contribution is 5.95. The summed E-state index contributed by atoms with van der Waals surface area (Å²) in [5.74, 6) is 0.240. The van der Waals surface area contributed by atoms with Crippen molar-refractivity contribution >= 4 is 17.3 Å². The number of nitro groups is 1. The molecule has 0 bridgehead atoms. The Kier molecular flexibility index (Phi) is 5.52. The van der Waals surface area contributed by atoms with Crippen molar-refractivity contribution in [3.63, 3.8) is 0 Å². The Balaban J connectivity index is 2.05. The van der Waals surface area contributed by atoms with Crippen molar-refractivity contribution in [2.24, 2.45) is 0 Å². The normalized spacial score (nSPS) is 11.6. The molecule has 1 amide bonds. The minimum absolute atomic E-state index is 0.0698. The van der Waals surface area contributed by atoms with E-state index in [9.17, 15) is 14.9 Å². The van der Waals surface area contributed by atoms with Crippen LogP contribution in [0.2, 0.25) is 0 Å². The predicted octanol–water partition coefficient (Wildman–Crippen LogP) is 3.87. The molecule has 24 heavy (non-hydrogen) atoms. The number of carbonyl (C=O) groups excluding carboxylic acids is 1. The molecule has 6 nitrogen and oxygen atoms in total. The number of hydrogen-bond acceptors (Lipinski definition) is 4. The van der Waals surface area contributed by atoms with Gasteiger partial charge in [0, 0.05) is 12.1 Å².